The lowest BCUT2D eigenvalue weighted by atomic mass is 9.92. The maximum absolute atomic E-state index is 11.8. The smallest absolute Gasteiger partial charge is 0.338 e. The highest BCUT2D eigenvalue weighted by atomic mass is 16.5. The van der Waals surface area contributed by atoms with Crippen molar-refractivity contribution in [3.8, 4) is 0 Å². The van der Waals surface area contributed by atoms with Crippen LogP contribution in [0.3, 0.4) is 0 Å². The topological polar surface area (TPSA) is 26.3 Å². The molecule has 0 fully saturated rings. The van der Waals surface area contributed by atoms with E-state index in [9.17, 15) is 4.79 Å². The molecule has 0 saturated carbocycles. The van der Waals surface area contributed by atoms with Gasteiger partial charge in [-0.1, -0.05) is 55.5 Å². The highest BCUT2D eigenvalue weighted by Crippen LogP contribution is 2.18. The van der Waals surface area contributed by atoms with Crippen molar-refractivity contribution in [3.63, 3.8) is 0 Å². The summed E-state index contributed by atoms with van der Waals surface area (Å²) in [7, 11) is 1.42. The van der Waals surface area contributed by atoms with Crippen molar-refractivity contribution < 1.29 is 9.53 Å². The molecule has 2 heteroatoms. The molecule has 0 radical (unpaired) electrons. The summed E-state index contributed by atoms with van der Waals surface area (Å²) in [4.78, 5) is 11.8. The molecule has 0 N–H and O–H groups in total. The van der Waals surface area contributed by atoms with Crippen molar-refractivity contribution >= 4 is 5.97 Å². The maximum atomic E-state index is 11.8. The van der Waals surface area contributed by atoms with Gasteiger partial charge in [0.15, 0.2) is 0 Å². The normalized spacial score (nSPS) is 11.9. The molecule has 0 aromatic heterocycles. The zero-order valence-corrected chi connectivity index (χ0v) is 12.0. The van der Waals surface area contributed by atoms with Crippen LogP contribution in [0.5, 0.6) is 0 Å². The highest BCUT2D eigenvalue weighted by molar-refractivity contribution is 5.90. The first-order valence-electron chi connectivity index (χ1n) is 6.91. The monoisotopic (exact) mass is 268 g/mol. The SMILES string of the molecule is COC(=O)c1ccccc1CC(C)Cc1ccccc1. The molecular formula is C18H20O2. The summed E-state index contributed by atoms with van der Waals surface area (Å²) in [6.07, 6.45) is 1.89. The van der Waals surface area contributed by atoms with E-state index in [2.05, 4.69) is 31.2 Å². The van der Waals surface area contributed by atoms with Gasteiger partial charge in [0.25, 0.3) is 0 Å². The van der Waals surface area contributed by atoms with E-state index < -0.39 is 0 Å². The van der Waals surface area contributed by atoms with E-state index in [4.69, 9.17) is 4.74 Å². The number of carbonyl (C=O) groups excluding carboxylic acids is 1. The fourth-order valence-corrected chi connectivity index (χ4v) is 2.47. The van der Waals surface area contributed by atoms with E-state index in [0.29, 0.717) is 11.5 Å². The van der Waals surface area contributed by atoms with E-state index in [1.165, 1.54) is 12.7 Å². The van der Waals surface area contributed by atoms with Crippen molar-refractivity contribution in [1.29, 1.82) is 0 Å². The summed E-state index contributed by atoms with van der Waals surface area (Å²) >= 11 is 0. The molecule has 0 heterocycles. The Kier molecular flexibility index (Phi) is 4.94. The molecule has 1 unspecified atom stereocenters. The lowest BCUT2D eigenvalue weighted by molar-refractivity contribution is 0.0599. The van der Waals surface area contributed by atoms with Gasteiger partial charge in [-0.05, 0) is 36.0 Å². The van der Waals surface area contributed by atoms with E-state index in [1.807, 2.05) is 30.3 Å². The van der Waals surface area contributed by atoms with E-state index in [1.54, 1.807) is 0 Å². The third-order valence-electron chi connectivity index (χ3n) is 3.42. The van der Waals surface area contributed by atoms with Crippen LogP contribution in [0.2, 0.25) is 0 Å². The van der Waals surface area contributed by atoms with E-state index in [-0.39, 0.29) is 5.97 Å². The molecule has 2 nitrogen and oxygen atoms in total. The largest absolute Gasteiger partial charge is 0.465 e. The van der Waals surface area contributed by atoms with Crippen LogP contribution >= 0.6 is 0 Å². The summed E-state index contributed by atoms with van der Waals surface area (Å²) in [5, 5.41) is 0. The number of benzene rings is 2. The molecular weight excluding hydrogens is 248 g/mol. The van der Waals surface area contributed by atoms with Crippen LogP contribution < -0.4 is 0 Å². The highest BCUT2D eigenvalue weighted by Gasteiger charge is 2.13. The number of rotatable bonds is 5. The molecule has 0 saturated heterocycles. The van der Waals surface area contributed by atoms with Gasteiger partial charge in [-0.2, -0.15) is 0 Å². The number of esters is 1. The Morgan fingerprint density at radius 3 is 2.35 bits per heavy atom. The van der Waals surface area contributed by atoms with Gasteiger partial charge in [0.05, 0.1) is 12.7 Å². The Balaban J connectivity index is 2.08. The number of carbonyl (C=O) groups is 1. The lowest BCUT2D eigenvalue weighted by Gasteiger charge is -2.14. The van der Waals surface area contributed by atoms with Crippen LogP contribution in [0.15, 0.2) is 54.6 Å². The van der Waals surface area contributed by atoms with Gasteiger partial charge in [0.1, 0.15) is 0 Å². The third-order valence-corrected chi connectivity index (χ3v) is 3.42. The van der Waals surface area contributed by atoms with Gasteiger partial charge in [0, 0.05) is 0 Å². The second-order valence-electron chi connectivity index (χ2n) is 5.15. The number of ether oxygens (including phenoxy) is 1. The fraction of sp³-hybridized carbons (Fsp3) is 0.278. The van der Waals surface area contributed by atoms with Crippen molar-refractivity contribution in [1.82, 2.24) is 0 Å². The fourth-order valence-electron chi connectivity index (χ4n) is 2.47. The predicted octanol–water partition coefficient (Wildman–Crippen LogP) is 3.89. The van der Waals surface area contributed by atoms with Gasteiger partial charge in [-0.3, -0.25) is 0 Å². The maximum Gasteiger partial charge on any atom is 0.338 e. The van der Waals surface area contributed by atoms with Crippen LogP contribution in [0.25, 0.3) is 0 Å². The van der Waals surface area contributed by atoms with Crippen molar-refractivity contribution in [2.75, 3.05) is 7.11 Å². The second-order valence-corrected chi connectivity index (χ2v) is 5.15. The lowest BCUT2D eigenvalue weighted by Crippen LogP contribution is -2.10. The molecule has 20 heavy (non-hydrogen) atoms. The Hall–Kier alpha value is -2.09. The first-order chi connectivity index (χ1) is 9.70. The zero-order valence-electron chi connectivity index (χ0n) is 12.0. The number of hydrogen-bond donors (Lipinski definition) is 0. The Labute approximate surface area is 120 Å². The summed E-state index contributed by atoms with van der Waals surface area (Å²) in [5.41, 5.74) is 3.06. The quantitative estimate of drug-likeness (QED) is 0.769. The Morgan fingerprint density at radius 2 is 1.65 bits per heavy atom. The van der Waals surface area contributed by atoms with Gasteiger partial charge in [-0.15, -0.1) is 0 Å². The van der Waals surface area contributed by atoms with Crippen LogP contribution in [-0.2, 0) is 17.6 Å². The molecule has 0 spiro atoms. The summed E-state index contributed by atoms with van der Waals surface area (Å²) in [6, 6.07) is 18.1. The van der Waals surface area contributed by atoms with Gasteiger partial charge in [0.2, 0.25) is 0 Å². The number of hydrogen-bond acceptors (Lipinski definition) is 2. The van der Waals surface area contributed by atoms with Crippen molar-refractivity contribution in [3.05, 3.63) is 71.3 Å². The van der Waals surface area contributed by atoms with Crippen molar-refractivity contribution in [2.45, 2.75) is 19.8 Å². The summed E-state index contributed by atoms with van der Waals surface area (Å²) < 4.78 is 4.84. The molecule has 0 bridgehead atoms. The zero-order chi connectivity index (χ0) is 14.4. The summed E-state index contributed by atoms with van der Waals surface area (Å²) in [6.45, 7) is 2.21. The first kappa shape index (κ1) is 14.3. The number of methoxy groups -OCH3 is 1. The minimum absolute atomic E-state index is 0.257. The van der Waals surface area contributed by atoms with E-state index in [0.717, 1.165) is 18.4 Å². The predicted molar refractivity (Wildman–Crippen MR) is 80.8 cm³/mol. The van der Waals surface area contributed by atoms with Gasteiger partial charge >= 0.3 is 5.97 Å². The molecule has 2 rings (SSSR count). The second kappa shape index (κ2) is 6.90. The molecule has 0 aliphatic rings. The van der Waals surface area contributed by atoms with Crippen LogP contribution in [0.1, 0.15) is 28.4 Å². The molecule has 104 valence electrons. The molecule has 0 amide bonds. The van der Waals surface area contributed by atoms with Gasteiger partial charge < -0.3 is 4.74 Å². The average Bonchev–Trinajstić information content (AvgIpc) is 2.48. The van der Waals surface area contributed by atoms with E-state index >= 15 is 0 Å². The standard InChI is InChI=1S/C18H20O2/c1-14(12-15-8-4-3-5-9-15)13-16-10-6-7-11-17(16)18(19)20-2/h3-11,14H,12-13H2,1-2H3. The average molecular weight is 268 g/mol. The van der Waals surface area contributed by atoms with Gasteiger partial charge in [-0.25, -0.2) is 4.79 Å². The molecule has 2 aromatic rings. The Bertz CT molecular complexity index is 561. The van der Waals surface area contributed by atoms with Crippen LogP contribution in [0.4, 0.5) is 0 Å². The van der Waals surface area contributed by atoms with Crippen LogP contribution in [0, 0.1) is 5.92 Å². The Morgan fingerprint density at radius 1 is 1.00 bits per heavy atom. The third kappa shape index (κ3) is 3.70. The summed E-state index contributed by atoms with van der Waals surface area (Å²) in [5.74, 6) is 0.218. The molecule has 2 aromatic carbocycles. The van der Waals surface area contributed by atoms with Crippen LogP contribution in [-0.4, -0.2) is 13.1 Å². The van der Waals surface area contributed by atoms with Crippen molar-refractivity contribution in [2.24, 2.45) is 5.92 Å². The molecule has 0 aliphatic carbocycles. The molecule has 1 atom stereocenters. The molecule has 0 aliphatic heterocycles. The first-order valence-corrected chi connectivity index (χ1v) is 6.91. The minimum Gasteiger partial charge on any atom is -0.465 e. The minimum atomic E-state index is -0.257.